The Hall–Kier alpha value is -2.37. The predicted octanol–water partition coefficient (Wildman–Crippen LogP) is 0.834. The molecule has 1 amide bonds. The number of rotatable bonds is 3. The molecule has 6 heteroatoms. The van der Waals surface area contributed by atoms with E-state index in [-0.39, 0.29) is 11.9 Å². The van der Waals surface area contributed by atoms with E-state index in [9.17, 15) is 4.79 Å². The van der Waals surface area contributed by atoms with Gasteiger partial charge in [0.25, 0.3) is 0 Å². The second-order valence-electron chi connectivity index (χ2n) is 3.95. The molecule has 18 heavy (non-hydrogen) atoms. The fourth-order valence-electron chi connectivity index (χ4n) is 1.78. The van der Waals surface area contributed by atoms with E-state index in [1.165, 1.54) is 0 Å². The molecule has 0 saturated carbocycles. The van der Waals surface area contributed by atoms with E-state index in [0.717, 1.165) is 11.3 Å². The number of carbonyl (C=O) groups is 1. The first-order chi connectivity index (χ1) is 8.63. The van der Waals surface area contributed by atoms with Gasteiger partial charge in [0, 0.05) is 18.8 Å². The minimum atomic E-state index is -0.332. The molecular weight excluding hydrogens is 230 g/mol. The second kappa shape index (κ2) is 4.87. The molecule has 2 rings (SSSR count). The predicted molar refractivity (Wildman–Crippen MR) is 68.6 cm³/mol. The van der Waals surface area contributed by atoms with Gasteiger partial charge >= 0.3 is 0 Å². The van der Waals surface area contributed by atoms with Crippen LogP contribution in [0, 0.1) is 0 Å². The summed E-state index contributed by atoms with van der Waals surface area (Å²) in [6, 6.07) is 3.26. The van der Waals surface area contributed by atoms with Crippen LogP contribution in [0.2, 0.25) is 0 Å². The topological polar surface area (TPSA) is 85.8 Å². The van der Waals surface area contributed by atoms with E-state index in [1.54, 1.807) is 36.4 Å². The molecule has 6 nitrogen and oxygen atoms in total. The first kappa shape index (κ1) is 12.1. The molecule has 0 spiro atoms. The maximum atomic E-state index is 11.7. The monoisotopic (exact) mass is 245 g/mol. The molecule has 3 N–H and O–H groups in total. The number of nitrogens with two attached hydrogens (primary N) is 1. The fourth-order valence-corrected chi connectivity index (χ4v) is 1.78. The third-order valence-corrected chi connectivity index (χ3v) is 2.79. The zero-order valence-electron chi connectivity index (χ0n) is 10.3. The number of likely N-dealkylation sites (N-methyl/N-ethyl adjacent to an activating group) is 1. The summed E-state index contributed by atoms with van der Waals surface area (Å²) >= 11 is 0. The number of nitrogen functional groups attached to an aromatic ring is 1. The Kier molecular flexibility index (Phi) is 3.27. The van der Waals surface area contributed by atoms with Crippen LogP contribution in [0.15, 0.2) is 30.9 Å². The maximum absolute atomic E-state index is 11.7. The minimum absolute atomic E-state index is 0.0729. The molecular formula is C12H15N5O. The Morgan fingerprint density at radius 3 is 3.00 bits per heavy atom. The van der Waals surface area contributed by atoms with Crippen molar-refractivity contribution in [2.75, 3.05) is 12.8 Å². The Morgan fingerprint density at radius 2 is 2.33 bits per heavy atom. The lowest BCUT2D eigenvalue weighted by atomic mass is 10.2. The molecule has 0 aromatic carbocycles. The lowest BCUT2D eigenvalue weighted by Gasteiger charge is -2.15. The van der Waals surface area contributed by atoms with Crippen LogP contribution >= 0.6 is 0 Å². The molecule has 0 aliphatic carbocycles. The number of nitrogens with one attached hydrogen (secondary N) is 1. The normalized spacial score (nSPS) is 12.1. The molecule has 94 valence electrons. The number of amides is 1. The van der Waals surface area contributed by atoms with E-state index in [0.29, 0.717) is 5.82 Å². The van der Waals surface area contributed by atoms with Gasteiger partial charge in [-0.25, -0.2) is 9.97 Å². The first-order valence-electron chi connectivity index (χ1n) is 5.59. The number of imidazole rings is 1. The molecule has 0 aliphatic rings. The van der Waals surface area contributed by atoms with E-state index < -0.39 is 0 Å². The summed E-state index contributed by atoms with van der Waals surface area (Å²) in [4.78, 5) is 19.7. The Bertz CT molecular complexity index is 563. The van der Waals surface area contributed by atoms with Crippen LogP contribution in [0.5, 0.6) is 0 Å². The highest BCUT2D eigenvalue weighted by Crippen LogP contribution is 2.23. The van der Waals surface area contributed by atoms with Crippen molar-refractivity contribution in [1.82, 2.24) is 19.9 Å². The average Bonchev–Trinajstić information content (AvgIpc) is 2.86. The van der Waals surface area contributed by atoms with E-state index in [4.69, 9.17) is 5.73 Å². The third-order valence-electron chi connectivity index (χ3n) is 2.79. The molecule has 0 fully saturated rings. The van der Waals surface area contributed by atoms with Gasteiger partial charge in [-0.15, -0.1) is 0 Å². The quantitative estimate of drug-likeness (QED) is 0.838. The van der Waals surface area contributed by atoms with E-state index in [2.05, 4.69) is 15.3 Å². The lowest BCUT2D eigenvalue weighted by molar-refractivity contribution is -0.123. The molecule has 2 heterocycles. The van der Waals surface area contributed by atoms with E-state index >= 15 is 0 Å². The zero-order chi connectivity index (χ0) is 13.1. The highest BCUT2D eigenvalue weighted by molar-refractivity contribution is 5.80. The largest absolute Gasteiger partial charge is 0.384 e. The number of hydrogen-bond acceptors (Lipinski definition) is 4. The van der Waals surface area contributed by atoms with E-state index in [1.807, 2.05) is 13.0 Å². The first-order valence-corrected chi connectivity index (χ1v) is 5.59. The molecule has 1 unspecified atom stereocenters. The van der Waals surface area contributed by atoms with Crippen molar-refractivity contribution in [2.24, 2.45) is 0 Å². The van der Waals surface area contributed by atoms with Crippen molar-refractivity contribution in [3.05, 3.63) is 30.9 Å². The molecule has 1 atom stereocenters. The zero-order valence-corrected chi connectivity index (χ0v) is 10.3. The number of aromatic nitrogens is 3. The van der Waals surface area contributed by atoms with Gasteiger partial charge in [0.2, 0.25) is 5.91 Å². The lowest BCUT2D eigenvalue weighted by Crippen LogP contribution is -2.27. The van der Waals surface area contributed by atoms with Crippen molar-refractivity contribution >= 4 is 11.7 Å². The van der Waals surface area contributed by atoms with Crippen molar-refractivity contribution in [3.8, 4) is 11.3 Å². The summed E-state index contributed by atoms with van der Waals surface area (Å²) in [5.41, 5.74) is 7.38. The van der Waals surface area contributed by atoms with Gasteiger partial charge in [-0.2, -0.15) is 0 Å². The fraction of sp³-hybridized carbons (Fsp3) is 0.250. The van der Waals surface area contributed by atoms with Gasteiger partial charge in [-0.3, -0.25) is 4.79 Å². The van der Waals surface area contributed by atoms with Crippen LogP contribution < -0.4 is 11.1 Å². The van der Waals surface area contributed by atoms with Crippen LogP contribution in [0.3, 0.4) is 0 Å². The van der Waals surface area contributed by atoms with Crippen molar-refractivity contribution < 1.29 is 4.79 Å². The molecule has 0 saturated heterocycles. The number of nitrogens with zero attached hydrogens (tertiary/aromatic N) is 3. The standard InChI is InChI=1S/C12H15N5O/c1-8(12(18)14-2)17-7-15-6-10(17)9-3-4-16-11(13)5-9/h3-8H,1-2H3,(H2,13,16)(H,14,18). The van der Waals surface area contributed by atoms with Crippen LogP contribution in [0.4, 0.5) is 5.82 Å². The molecule has 0 bridgehead atoms. The van der Waals surface area contributed by atoms with Crippen molar-refractivity contribution in [2.45, 2.75) is 13.0 Å². The van der Waals surface area contributed by atoms with Crippen LogP contribution in [0.1, 0.15) is 13.0 Å². The highest BCUT2D eigenvalue weighted by Gasteiger charge is 2.16. The van der Waals surface area contributed by atoms with Gasteiger partial charge in [0.1, 0.15) is 11.9 Å². The summed E-state index contributed by atoms with van der Waals surface area (Å²) in [6.45, 7) is 1.81. The summed E-state index contributed by atoms with van der Waals surface area (Å²) in [5.74, 6) is 0.365. The molecule has 2 aromatic rings. The number of hydrogen-bond donors (Lipinski definition) is 2. The molecule has 2 aromatic heterocycles. The van der Waals surface area contributed by atoms with Crippen LogP contribution in [-0.2, 0) is 4.79 Å². The molecule has 0 aliphatic heterocycles. The minimum Gasteiger partial charge on any atom is -0.384 e. The van der Waals surface area contributed by atoms with Crippen LogP contribution in [0.25, 0.3) is 11.3 Å². The van der Waals surface area contributed by atoms with Crippen LogP contribution in [-0.4, -0.2) is 27.5 Å². The summed E-state index contributed by atoms with van der Waals surface area (Å²) < 4.78 is 1.80. The Balaban J connectivity index is 2.42. The maximum Gasteiger partial charge on any atom is 0.242 e. The molecule has 0 radical (unpaired) electrons. The smallest absolute Gasteiger partial charge is 0.242 e. The third kappa shape index (κ3) is 2.17. The summed E-state index contributed by atoms with van der Waals surface area (Å²) in [6.07, 6.45) is 4.96. The number of pyridine rings is 1. The number of carbonyl (C=O) groups excluding carboxylic acids is 1. The Labute approximate surface area is 105 Å². The average molecular weight is 245 g/mol. The van der Waals surface area contributed by atoms with Crippen molar-refractivity contribution in [1.29, 1.82) is 0 Å². The summed E-state index contributed by atoms with van der Waals surface area (Å²) in [7, 11) is 1.61. The number of anilines is 1. The second-order valence-corrected chi connectivity index (χ2v) is 3.95. The van der Waals surface area contributed by atoms with Gasteiger partial charge < -0.3 is 15.6 Å². The SMILES string of the molecule is CNC(=O)C(C)n1cncc1-c1ccnc(N)c1. The van der Waals surface area contributed by atoms with Gasteiger partial charge in [-0.05, 0) is 19.1 Å². The van der Waals surface area contributed by atoms with Gasteiger partial charge in [0.15, 0.2) is 0 Å². The Morgan fingerprint density at radius 1 is 1.56 bits per heavy atom. The van der Waals surface area contributed by atoms with Crippen molar-refractivity contribution in [3.63, 3.8) is 0 Å². The van der Waals surface area contributed by atoms with Gasteiger partial charge in [0.05, 0.1) is 18.2 Å². The highest BCUT2D eigenvalue weighted by atomic mass is 16.2. The van der Waals surface area contributed by atoms with Gasteiger partial charge in [-0.1, -0.05) is 0 Å². The summed E-state index contributed by atoms with van der Waals surface area (Å²) in [5, 5.41) is 2.62.